The van der Waals surface area contributed by atoms with Crippen molar-refractivity contribution in [2.45, 2.75) is 25.8 Å². The van der Waals surface area contributed by atoms with Gasteiger partial charge in [0.2, 0.25) is 0 Å². The third-order valence-electron chi connectivity index (χ3n) is 4.48. The molecule has 2 aromatic rings. The fourth-order valence-electron chi connectivity index (χ4n) is 3.02. The summed E-state index contributed by atoms with van der Waals surface area (Å²) in [6, 6.07) is 5.82. The van der Waals surface area contributed by atoms with Crippen LogP contribution in [0, 0.1) is 6.92 Å². The van der Waals surface area contributed by atoms with Gasteiger partial charge in [-0.2, -0.15) is 0 Å². The van der Waals surface area contributed by atoms with Crippen LogP contribution >= 0.6 is 0 Å². The molecule has 1 atom stereocenters. The van der Waals surface area contributed by atoms with Gasteiger partial charge >= 0.3 is 0 Å². The molecule has 1 saturated heterocycles. The van der Waals surface area contributed by atoms with E-state index in [4.69, 9.17) is 9.15 Å². The van der Waals surface area contributed by atoms with Gasteiger partial charge in [-0.25, -0.2) is 0 Å². The fourth-order valence-corrected chi connectivity index (χ4v) is 3.02. The van der Waals surface area contributed by atoms with Crippen molar-refractivity contribution in [1.82, 2.24) is 10.2 Å². The zero-order chi connectivity index (χ0) is 15.7. The molecule has 1 aromatic heterocycles. The van der Waals surface area contributed by atoms with E-state index in [1.807, 2.05) is 32.2 Å². The summed E-state index contributed by atoms with van der Waals surface area (Å²) >= 11 is 0. The van der Waals surface area contributed by atoms with Crippen molar-refractivity contribution >= 4 is 16.9 Å². The molecule has 1 aliphatic heterocycles. The number of benzene rings is 1. The Kier molecular flexibility index (Phi) is 4.07. The molecule has 1 aliphatic rings. The van der Waals surface area contributed by atoms with Gasteiger partial charge in [-0.15, -0.1) is 0 Å². The first-order valence-corrected chi connectivity index (χ1v) is 7.67. The number of rotatable bonds is 3. The highest BCUT2D eigenvalue weighted by Gasteiger charge is 2.27. The van der Waals surface area contributed by atoms with Crippen molar-refractivity contribution in [2.24, 2.45) is 0 Å². The van der Waals surface area contributed by atoms with Crippen molar-refractivity contribution in [3.05, 3.63) is 29.5 Å². The first kappa shape index (κ1) is 14.9. The SMILES string of the molecule is COc1ccc2oc(C(=O)N(C)C3CCCNC3)c(C)c2c1. The smallest absolute Gasteiger partial charge is 0.289 e. The van der Waals surface area contributed by atoms with Crippen LogP contribution in [0.3, 0.4) is 0 Å². The zero-order valence-corrected chi connectivity index (χ0v) is 13.3. The quantitative estimate of drug-likeness (QED) is 0.947. The number of hydrogen-bond donors (Lipinski definition) is 1. The monoisotopic (exact) mass is 302 g/mol. The van der Waals surface area contributed by atoms with Crippen molar-refractivity contribution in [2.75, 3.05) is 27.2 Å². The number of piperidine rings is 1. The summed E-state index contributed by atoms with van der Waals surface area (Å²) in [7, 11) is 3.49. The molecule has 0 spiro atoms. The summed E-state index contributed by atoms with van der Waals surface area (Å²) in [6.45, 7) is 3.79. The van der Waals surface area contributed by atoms with Gasteiger partial charge in [0.15, 0.2) is 5.76 Å². The summed E-state index contributed by atoms with van der Waals surface area (Å²) in [5.41, 5.74) is 1.59. The van der Waals surface area contributed by atoms with E-state index >= 15 is 0 Å². The number of likely N-dealkylation sites (N-methyl/N-ethyl adjacent to an activating group) is 1. The van der Waals surface area contributed by atoms with Crippen LogP contribution in [0.25, 0.3) is 11.0 Å². The van der Waals surface area contributed by atoms with E-state index in [-0.39, 0.29) is 11.9 Å². The Morgan fingerprint density at radius 2 is 2.27 bits per heavy atom. The maximum absolute atomic E-state index is 12.8. The maximum atomic E-state index is 12.8. The molecule has 5 heteroatoms. The maximum Gasteiger partial charge on any atom is 0.289 e. The normalized spacial score (nSPS) is 18.4. The lowest BCUT2D eigenvalue weighted by atomic mass is 10.1. The number of carbonyl (C=O) groups is 1. The Morgan fingerprint density at radius 1 is 1.45 bits per heavy atom. The van der Waals surface area contributed by atoms with Crippen LogP contribution in [0.2, 0.25) is 0 Å². The van der Waals surface area contributed by atoms with Crippen LogP contribution in [0.1, 0.15) is 29.0 Å². The van der Waals surface area contributed by atoms with Gasteiger partial charge in [0.1, 0.15) is 11.3 Å². The number of methoxy groups -OCH3 is 1. The van der Waals surface area contributed by atoms with Gasteiger partial charge < -0.3 is 19.4 Å². The van der Waals surface area contributed by atoms with E-state index in [0.29, 0.717) is 5.76 Å². The first-order valence-electron chi connectivity index (χ1n) is 7.67. The van der Waals surface area contributed by atoms with Crippen LogP contribution in [0.15, 0.2) is 22.6 Å². The van der Waals surface area contributed by atoms with E-state index in [0.717, 1.165) is 48.2 Å². The molecular weight excluding hydrogens is 280 g/mol. The number of fused-ring (bicyclic) bond motifs is 1. The second-order valence-electron chi connectivity index (χ2n) is 5.83. The summed E-state index contributed by atoms with van der Waals surface area (Å²) < 4.78 is 11.0. The predicted molar refractivity (Wildman–Crippen MR) is 85.5 cm³/mol. The summed E-state index contributed by atoms with van der Waals surface area (Å²) in [5, 5.41) is 4.27. The molecule has 3 rings (SSSR count). The average molecular weight is 302 g/mol. The van der Waals surface area contributed by atoms with Crippen molar-refractivity contribution < 1.29 is 13.9 Å². The van der Waals surface area contributed by atoms with Crippen molar-refractivity contribution in [1.29, 1.82) is 0 Å². The Morgan fingerprint density at radius 3 is 2.95 bits per heavy atom. The number of ether oxygens (including phenoxy) is 1. The highest BCUT2D eigenvalue weighted by atomic mass is 16.5. The van der Waals surface area contributed by atoms with Gasteiger partial charge in [-0.1, -0.05) is 0 Å². The molecule has 1 N–H and O–H groups in total. The largest absolute Gasteiger partial charge is 0.497 e. The van der Waals surface area contributed by atoms with Gasteiger partial charge in [0, 0.05) is 30.6 Å². The first-order chi connectivity index (χ1) is 10.6. The number of furan rings is 1. The second kappa shape index (κ2) is 6.01. The Hall–Kier alpha value is -2.01. The molecule has 22 heavy (non-hydrogen) atoms. The van der Waals surface area contributed by atoms with E-state index in [1.54, 1.807) is 12.0 Å². The molecule has 0 bridgehead atoms. The third kappa shape index (κ3) is 2.57. The molecule has 2 heterocycles. The minimum Gasteiger partial charge on any atom is -0.497 e. The standard InChI is InChI=1S/C17H22N2O3/c1-11-14-9-13(21-3)6-7-15(14)22-16(11)17(20)19(2)12-5-4-8-18-10-12/h6-7,9,12,18H,4-5,8,10H2,1-3H3. The molecular formula is C17H22N2O3. The molecule has 1 unspecified atom stereocenters. The lowest BCUT2D eigenvalue weighted by Crippen LogP contribution is -2.46. The zero-order valence-electron chi connectivity index (χ0n) is 13.3. The van der Waals surface area contributed by atoms with Crippen molar-refractivity contribution in [3.63, 3.8) is 0 Å². The summed E-state index contributed by atoms with van der Waals surface area (Å²) in [6.07, 6.45) is 2.13. The highest BCUT2D eigenvalue weighted by molar-refractivity contribution is 5.99. The van der Waals surface area contributed by atoms with Crippen LogP contribution in [0.4, 0.5) is 0 Å². The highest BCUT2D eigenvalue weighted by Crippen LogP contribution is 2.29. The molecule has 5 nitrogen and oxygen atoms in total. The summed E-state index contributed by atoms with van der Waals surface area (Å²) in [5.74, 6) is 1.14. The number of carbonyl (C=O) groups excluding carboxylic acids is 1. The predicted octanol–water partition coefficient (Wildman–Crippen LogP) is 2.57. The third-order valence-corrected chi connectivity index (χ3v) is 4.48. The molecule has 1 aromatic carbocycles. The average Bonchev–Trinajstić information content (AvgIpc) is 2.90. The van der Waals surface area contributed by atoms with E-state index in [9.17, 15) is 4.79 Å². The molecule has 1 amide bonds. The number of aryl methyl sites for hydroxylation is 1. The van der Waals surface area contributed by atoms with Gasteiger partial charge in [0.05, 0.1) is 7.11 Å². The molecule has 0 saturated carbocycles. The van der Waals surface area contributed by atoms with Gasteiger partial charge in [-0.3, -0.25) is 4.79 Å². The minimum absolute atomic E-state index is 0.0543. The molecule has 0 radical (unpaired) electrons. The minimum atomic E-state index is -0.0543. The molecule has 0 aliphatic carbocycles. The van der Waals surface area contributed by atoms with Crippen LogP contribution in [0.5, 0.6) is 5.75 Å². The Labute approximate surface area is 130 Å². The van der Waals surface area contributed by atoms with Crippen LogP contribution < -0.4 is 10.1 Å². The number of amides is 1. The van der Waals surface area contributed by atoms with E-state index in [2.05, 4.69) is 5.32 Å². The van der Waals surface area contributed by atoms with Gasteiger partial charge in [-0.05, 0) is 44.5 Å². The number of hydrogen-bond acceptors (Lipinski definition) is 4. The van der Waals surface area contributed by atoms with E-state index < -0.39 is 0 Å². The van der Waals surface area contributed by atoms with E-state index in [1.165, 1.54) is 0 Å². The lowest BCUT2D eigenvalue weighted by Gasteiger charge is -2.31. The number of nitrogens with one attached hydrogen (secondary N) is 1. The fraction of sp³-hybridized carbons (Fsp3) is 0.471. The lowest BCUT2D eigenvalue weighted by molar-refractivity contribution is 0.0677. The topological polar surface area (TPSA) is 54.7 Å². The second-order valence-corrected chi connectivity index (χ2v) is 5.83. The Bertz CT molecular complexity index is 687. The molecule has 118 valence electrons. The molecule has 1 fully saturated rings. The van der Waals surface area contributed by atoms with Gasteiger partial charge in [0.25, 0.3) is 5.91 Å². The van der Waals surface area contributed by atoms with Crippen LogP contribution in [-0.4, -0.2) is 44.1 Å². The van der Waals surface area contributed by atoms with Crippen LogP contribution in [-0.2, 0) is 0 Å². The summed E-state index contributed by atoms with van der Waals surface area (Å²) in [4.78, 5) is 14.6. The Balaban J connectivity index is 1.91. The number of nitrogens with zero attached hydrogens (tertiary/aromatic N) is 1. The van der Waals surface area contributed by atoms with Crippen molar-refractivity contribution in [3.8, 4) is 5.75 Å².